The smallest absolute Gasteiger partial charge is 0.119 e. The van der Waals surface area contributed by atoms with Crippen molar-refractivity contribution in [3.05, 3.63) is 29.8 Å². The third kappa shape index (κ3) is 2.99. The normalized spacial score (nSPS) is 18.9. The van der Waals surface area contributed by atoms with Crippen molar-refractivity contribution in [1.29, 1.82) is 0 Å². The molecule has 1 fully saturated rings. The highest BCUT2D eigenvalue weighted by Gasteiger charge is 2.21. The number of ether oxygens (including phenoxy) is 1. The number of piperidine rings is 1. The van der Waals surface area contributed by atoms with Gasteiger partial charge in [-0.15, -0.1) is 0 Å². The SMILES string of the molecule is COc1cccc([C@@H](CN)N2CCCCC2)c1. The minimum Gasteiger partial charge on any atom is -0.497 e. The van der Waals surface area contributed by atoms with Crippen LogP contribution in [0.2, 0.25) is 0 Å². The van der Waals surface area contributed by atoms with Gasteiger partial charge in [-0.25, -0.2) is 0 Å². The number of methoxy groups -OCH3 is 1. The van der Waals surface area contributed by atoms with Crippen LogP contribution in [0.4, 0.5) is 0 Å². The number of nitrogens with zero attached hydrogens (tertiary/aromatic N) is 1. The molecule has 1 saturated heterocycles. The molecule has 0 saturated carbocycles. The van der Waals surface area contributed by atoms with Crippen LogP contribution in [-0.2, 0) is 0 Å². The van der Waals surface area contributed by atoms with Crippen LogP contribution in [0.15, 0.2) is 24.3 Å². The minimum atomic E-state index is 0.338. The number of hydrogen-bond donors (Lipinski definition) is 1. The third-order valence-electron chi connectivity index (χ3n) is 3.53. The van der Waals surface area contributed by atoms with Crippen molar-refractivity contribution in [2.75, 3.05) is 26.7 Å². The first kappa shape index (κ1) is 12.4. The zero-order valence-electron chi connectivity index (χ0n) is 10.6. The van der Waals surface area contributed by atoms with Crippen LogP contribution in [0.1, 0.15) is 30.9 Å². The Morgan fingerprint density at radius 1 is 1.29 bits per heavy atom. The first-order valence-electron chi connectivity index (χ1n) is 6.43. The highest BCUT2D eigenvalue weighted by molar-refractivity contribution is 5.30. The van der Waals surface area contributed by atoms with Gasteiger partial charge in [0.15, 0.2) is 0 Å². The van der Waals surface area contributed by atoms with E-state index in [1.165, 1.54) is 37.9 Å². The predicted molar refractivity (Wildman–Crippen MR) is 70.2 cm³/mol. The van der Waals surface area contributed by atoms with E-state index in [9.17, 15) is 0 Å². The van der Waals surface area contributed by atoms with Crippen LogP contribution in [0, 0.1) is 0 Å². The van der Waals surface area contributed by atoms with Crippen LogP contribution in [-0.4, -0.2) is 31.6 Å². The Bertz CT molecular complexity index is 348. The average Bonchev–Trinajstić information content (AvgIpc) is 2.41. The number of hydrogen-bond acceptors (Lipinski definition) is 3. The van der Waals surface area contributed by atoms with E-state index in [-0.39, 0.29) is 0 Å². The van der Waals surface area contributed by atoms with E-state index in [2.05, 4.69) is 17.0 Å². The Morgan fingerprint density at radius 3 is 2.71 bits per heavy atom. The van der Waals surface area contributed by atoms with Crippen molar-refractivity contribution < 1.29 is 4.74 Å². The lowest BCUT2D eigenvalue weighted by molar-refractivity contribution is 0.167. The molecule has 3 heteroatoms. The highest BCUT2D eigenvalue weighted by atomic mass is 16.5. The minimum absolute atomic E-state index is 0.338. The molecule has 2 N–H and O–H groups in total. The van der Waals surface area contributed by atoms with Gasteiger partial charge < -0.3 is 10.5 Å². The standard InChI is InChI=1S/C14H22N2O/c1-17-13-7-5-6-12(10-13)14(11-15)16-8-3-2-4-9-16/h5-7,10,14H,2-4,8-9,11,15H2,1H3/t14-/m1/s1. The van der Waals surface area contributed by atoms with Crippen molar-refractivity contribution in [2.24, 2.45) is 5.73 Å². The van der Waals surface area contributed by atoms with E-state index < -0.39 is 0 Å². The van der Waals surface area contributed by atoms with Crippen molar-refractivity contribution in [3.63, 3.8) is 0 Å². The molecule has 0 unspecified atom stereocenters. The second kappa shape index (κ2) is 6.03. The Balaban J connectivity index is 2.15. The molecule has 17 heavy (non-hydrogen) atoms. The van der Waals surface area contributed by atoms with Gasteiger partial charge in [0.25, 0.3) is 0 Å². The van der Waals surface area contributed by atoms with Gasteiger partial charge >= 0.3 is 0 Å². The molecule has 3 nitrogen and oxygen atoms in total. The predicted octanol–water partition coefficient (Wildman–Crippen LogP) is 2.18. The topological polar surface area (TPSA) is 38.5 Å². The number of rotatable bonds is 4. The summed E-state index contributed by atoms with van der Waals surface area (Å²) in [6, 6.07) is 8.61. The largest absolute Gasteiger partial charge is 0.497 e. The molecule has 94 valence electrons. The average molecular weight is 234 g/mol. The van der Waals surface area contributed by atoms with E-state index in [1.54, 1.807) is 7.11 Å². The van der Waals surface area contributed by atoms with Gasteiger partial charge in [0.2, 0.25) is 0 Å². The lowest BCUT2D eigenvalue weighted by atomic mass is 10.0. The summed E-state index contributed by atoms with van der Waals surface area (Å²) in [5, 5.41) is 0. The summed E-state index contributed by atoms with van der Waals surface area (Å²) in [4.78, 5) is 2.50. The van der Waals surface area contributed by atoms with Gasteiger partial charge in [0.05, 0.1) is 7.11 Å². The molecule has 1 heterocycles. The molecule has 1 aromatic rings. The number of benzene rings is 1. The molecular formula is C14H22N2O. The summed E-state index contributed by atoms with van der Waals surface area (Å²) in [5.41, 5.74) is 7.22. The van der Waals surface area contributed by atoms with Gasteiger partial charge in [-0.2, -0.15) is 0 Å². The monoisotopic (exact) mass is 234 g/mol. The zero-order chi connectivity index (χ0) is 12.1. The summed E-state index contributed by atoms with van der Waals surface area (Å²) >= 11 is 0. The maximum Gasteiger partial charge on any atom is 0.119 e. The number of nitrogens with two attached hydrogens (primary N) is 1. The van der Waals surface area contributed by atoms with E-state index >= 15 is 0 Å². The second-order valence-electron chi connectivity index (χ2n) is 4.62. The van der Waals surface area contributed by atoms with E-state index in [0.717, 1.165) is 5.75 Å². The molecule has 1 aliphatic rings. The lowest BCUT2D eigenvalue weighted by Crippen LogP contribution is -2.37. The van der Waals surface area contributed by atoms with E-state index in [4.69, 9.17) is 10.5 Å². The Hall–Kier alpha value is -1.06. The molecular weight excluding hydrogens is 212 g/mol. The van der Waals surface area contributed by atoms with Gasteiger partial charge in [-0.05, 0) is 43.6 Å². The maximum atomic E-state index is 5.94. The third-order valence-corrected chi connectivity index (χ3v) is 3.53. The van der Waals surface area contributed by atoms with Crippen molar-refractivity contribution in [2.45, 2.75) is 25.3 Å². The van der Waals surface area contributed by atoms with Crippen LogP contribution in [0.3, 0.4) is 0 Å². The summed E-state index contributed by atoms with van der Waals surface area (Å²) in [7, 11) is 1.71. The van der Waals surface area contributed by atoms with Gasteiger partial charge in [0.1, 0.15) is 5.75 Å². The van der Waals surface area contributed by atoms with Crippen molar-refractivity contribution in [1.82, 2.24) is 4.90 Å². The van der Waals surface area contributed by atoms with Gasteiger partial charge in [-0.3, -0.25) is 4.90 Å². The van der Waals surface area contributed by atoms with Crippen LogP contribution >= 0.6 is 0 Å². The van der Waals surface area contributed by atoms with Crippen molar-refractivity contribution in [3.8, 4) is 5.75 Å². The summed E-state index contributed by atoms with van der Waals surface area (Å²) in [6.45, 7) is 3.01. The van der Waals surface area contributed by atoms with E-state index in [0.29, 0.717) is 12.6 Å². The molecule has 0 bridgehead atoms. The first-order valence-corrected chi connectivity index (χ1v) is 6.43. The van der Waals surface area contributed by atoms with E-state index in [1.807, 2.05) is 12.1 Å². The maximum absolute atomic E-state index is 5.94. The quantitative estimate of drug-likeness (QED) is 0.868. The lowest BCUT2D eigenvalue weighted by Gasteiger charge is -2.34. The Morgan fingerprint density at radius 2 is 2.06 bits per heavy atom. The molecule has 0 aliphatic carbocycles. The molecule has 0 radical (unpaired) electrons. The van der Waals surface area contributed by atoms with Gasteiger partial charge in [0, 0.05) is 12.6 Å². The van der Waals surface area contributed by atoms with Gasteiger partial charge in [-0.1, -0.05) is 18.6 Å². The van der Waals surface area contributed by atoms with Crippen molar-refractivity contribution >= 4 is 0 Å². The molecule has 0 amide bonds. The highest BCUT2D eigenvalue weighted by Crippen LogP contribution is 2.26. The van der Waals surface area contributed by atoms with Crippen LogP contribution in [0.5, 0.6) is 5.75 Å². The zero-order valence-corrected chi connectivity index (χ0v) is 10.6. The molecule has 1 atom stereocenters. The number of likely N-dealkylation sites (tertiary alicyclic amines) is 1. The Labute approximate surface area is 104 Å². The fourth-order valence-electron chi connectivity index (χ4n) is 2.57. The fourth-order valence-corrected chi connectivity index (χ4v) is 2.57. The van der Waals surface area contributed by atoms with Crippen LogP contribution in [0.25, 0.3) is 0 Å². The van der Waals surface area contributed by atoms with Crippen LogP contribution < -0.4 is 10.5 Å². The molecule has 0 aromatic heterocycles. The summed E-state index contributed by atoms with van der Waals surface area (Å²) in [6.07, 6.45) is 3.94. The molecule has 1 aromatic carbocycles. The Kier molecular flexibility index (Phi) is 4.40. The summed E-state index contributed by atoms with van der Waals surface area (Å²) in [5.74, 6) is 0.915. The second-order valence-corrected chi connectivity index (χ2v) is 4.62. The first-order chi connectivity index (χ1) is 8.35. The molecule has 2 rings (SSSR count). The fraction of sp³-hybridized carbons (Fsp3) is 0.571. The summed E-state index contributed by atoms with van der Waals surface area (Å²) < 4.78 is 5.28. The molecule has 0 spiro atoms. The molecule has 1 aliphatic heterocycles.